The van der Waals surface area contributed by atoms with E-state index in [1.807, 2.05) is 30.3 Å². The molecular weight excluding hydrogens is 298 g/mol. The fourth-order valence-corrected chi connectivity index (χ4v) is 3.10. The molecule has 2 aromatic carbocycles. The standard InChI is InChI=1S/C17H14ClN3O/c1-22-13-4-5-15-14(9-13)17(20-10-19-15)21-7-6-11-2-3-12(18)8-16(11)21/h2-5,8-10H,6-7H2,1H3. The van der Waals surface area contributed by atoms with Crippen LogP contribution in [0.2, 0.25) is 5.02 Å². The van der Waals surface area contributed by atoms with Gasteiger partial charge in [-0.3, -0.25) is 0 Å². The van der Waals surface area contributed by atoms with Gasteiger partial charge in [0.2, 0.25) is 0 Å². The molecule has 2 heterocycles. The summed E-state index contributed by atoms with van der Waals surface area (Å²) in [6.07, 6.45) is 2.59. The van der Waals surface area contributed by atoms with Gasteiger partial charge < -0.3 is 9.64 Å². The Morgan fingerprint density at radius 3 is 2.91 bits per heavy atom. The Morgan fingerprint density at radius 2 is 2.05 bits per heavy atom. The number of hydrogen-bond donors (Lipinski definition) is 0. The normalized spacial score (nSPS) is 13.5. The molecule has 0 saturated carbocycles. The number of aromatic nitrogens is 2. The molecule has 5 heteroatoms. The monoisotopic (exact) mass is 311 g/mol. The molecule has 3 aromatic rings. The van der Waals surface area contributed by atoms with E-state index >= 15 is 0 Å². The van der Waals surface area contributed by atoms with Crippen LogP contribution in [0.15, 0.2) is 42.7 Å². The largest absolute Gasteiger partial charge is 0.497 e. The number of ether oxygens (including phenoxy) is 1. The summed E-state index contributed by atoms with van der Waals surface area (Å²) in [7, 11) is 1.66. The number of benzene rings is 2. The van der Waals surface area contributed by atoms with Crippen molar-refractivity contribution in [3.8, 4) is 5.75 Å². The molecule has 0 fully saturated rings. The highest BCUT2D eigenvalue weighted by atomic mass is 35.5. The quantitative estimate of drug-likeness (QED) is 0.717. The van der Waals surface area contributed by atoms with Gasteiger partial charge >= 0.3 is 0 Å². The highest BCUT2D eigenvalue weighted by molar-refractivity contribution is 6.31. The lowest BCUT2D eigenvalue weighted by Gasteiger charge is -2.20. The third kappa shape index (κ3) is 2.07. The van der Waals surface area contributed by atoms with Crippen LogP contribution in [0.25, 0.3) is 10.9 Å². The summed E-state index contributed by atoms with van der Waals surface area (Å²) in [5.41, 5.74) is 3.32. The first-order chi connectivity index (χ1) is 10.8. The predicted molar refractivity (Wildman–Crippen MR) is 88.3 cm³/mol. The van der Waals surface area contributed by atoms with Crippen molar-refractivity contribution in [1.82, 2.24) is 9.97 Å². The van der Waals surface area contributed by atoms with Crippen molar-refractivity contribution in [3.63, 3.8) is 0 Å². The SMILES string of the molecule is COc1ccc2ncnc(N3CCc4ccc(Cl)cc43)c2c1. The Bertz CT molecular complexity index is 866. The van der Waals surface area contributed by atoms with Gasteiger partial charge in [-0.05, 0) is 42.3 Å². The van der Waals surface area contributed by atoms with Gasteiger partial charge in [-0.2, -0.15) is 0 Å². The van der Waals surface area contributed by atoms with Crippen LogP contribution in [-0.4, -0.2) is 23.6 Å². The molecule has 0 amide bonds. The Hall–Kier alpha value is -2.33. The van der Waals surface area contributed by atoms with Crippen LogP contribution in [0.4, 0.5) is 11.5 Å². The molecule has 0 atom stereocenters. The first-order valence-electron chi connectivity index (χ1n) is 7.11. The second-order valence-corrected chi connectivity index (χ2v) is 5.69. The molecule has 0 N–H and O–H groups in total. The van der Waals surface area contributed by atoms with E-state index in [1.165, 1.54) is 5.56 Å². The van der Waals surface area contributed by atoms with Gasteiger partial charge in [0.1, 0.15) is 17.9 Å². The number of halogens is 1. The van der Waals surface area contributed by atoms with Gasteiger partial charge in [0.15, 0.2) is 0 Å². The number of fused-ring (bicyclic) bond motifs is 2. The zero-order valence-corrected chi connectivity index (χ0v) is 12.8. The summed E-state index contributed by atoms with van der Waals surface area (Å²) < 4.78 is 5.33. The fourth-order valence-electron chi connectivity index (χ4n) is 2.94. The Balaban J connectivity index is 1.91. The minimum Gasteiger partial charge on any atom is -0.497 e. The summed E-state index contributed by atoms with van der Waals surface area (Å²) in [6.45, 7) is 0.888. The minimum atomic E-state index is 0.738. The van der Waals surface area contributed by atoms with Crippen molar-refractivity contribution in [2.45, 2.75) is 6.42 Å². The average molecular weight is 312 g/mol. The Labute approximate surface area is 133 Å². The zero-order valence-electron chi connectivity index (χ0n) is 12.1. The van der Waals surface area contributed by atoms with E-state index in [-0.39, 0.29) is 0 Å². The molecule has 1 aliphatic heterocycles. The van der Waals surface area contributed by atoms with E-state index in [4.69, 9.17) is 16.3 Å². The van der Waals surface area contributed by atoms with Gasteiger partial charge in [-0.1, -0.05) is 17.7 Å². The lowest BCUT2D eigenvalue weighted by molar-refractivity contribution is 0.415. The highest BCUT2D eigenvalue weighted by Crippen LogP contribution is 2.38. The van der Waals surface area contributed by atoms with Crippen molar-refractivity contribution in [3.05, 3.63) is 53.3 Å². The van der Waals surface area contributed by atoms with Crippen LogP contribution in [0, 0.1) is 0 Å². The molecular formula is C17H14ClN3O. The highest BCUT2D eigenvalue weighted by Gasteiger charge is 2.23. The van der Waals surface area contributed by atoms with Gasteiger partial charge in [-0.15, -0.1) is 0 Å². The predicted octanol–water partition coefficient (Wildman–Crippen LogP) is 3.99. The van der Waals surface area contributed by atoms with Crippen molar-refractivity contribution in [2.75, 3.05) is 18.6 Å². The van der Waals surface area contributed by atoms with Gasteiger partial charge in [0.05, 0.1) is 12.6 Å². The molecule has 0 spiro atoms. The maximum absolute atomic E-state index is 6.16. The van der Waals surface area contributed by atoms with E-state index in [2.05, 4.69) is 20.9 Å². The van der Waals surface area contributed by atoms with E-state index in [1.54, 1.807) is 13.4 Å². The summed E-state index contributed by atoms with van der Waals surface area (Å²) in [6, 6.07) is 11.9. The van der Waals surface area contributed by atoms with Crippen LogP contribution >= 0.6 is 11.6 Å². The summed E-state index contributed by atoms with van der Waals surface area (Å²) in [4.78, 5) is 11.1. The third-order valence-electron chi connectivity index (χ3n) is 4.02. The minimum absolute atomic E-state index is 0.738. The molecule has 0 unspecified atom stereocenters. The van der Waals surface area contributed by atoms with E-state index in [0.717, 1.165) is 46.1 Å². The number of rotatable bonds is 2. The van der Waals surface area contributed by atoms with Gasteiger partial charge in [0.25, 0.3) is 0 Å². The van der Waals surface area contributed by atoms with Crippen LogP contribution in [0.5, 0.6) is 5.75 Å². The topological polar surface area (TPSA) is 38.3 Å². The van der Waals surface area contributed by atoms with Gasteiger partial charge in [-0.25, -0.2) is 9.97 Å². The summed E-state index contributed by atoms with van der Waals surface area (Å²) >= 11 is 6.16. The second-order valence-electron chi connectivity index (χ2n) is 5.26. The molecule has 4 nitrogen and oxygen atoms in total. The number of anilines is 2. The number of nitrogens with zero attached hydrogens (tertiary/aromatic N) is 3. The van der Waals surface area contributed by atoms with Crippen molar-refractivity contribution < 1.29 is 4.74 Å². The average Bonchev–Trinajstić information content (AvgIpc) is 2.96. The van der Waals surface area contributed by atoms with Crippen LogP contribution in [0.3, 0.4) is 0 Å². The van der Waals surface area contributed by atoms with E-state index in [0.29, 0.717) is 0 Å². The molecule has 0 radical (unpaired) electrons. The molecule has 1 aromatic heterocycles. The Morgan fingerprint density at radius 1 is 1.14 bits per heavy atom. The van der Waals surface area contributed by atoms with Gasteiger partial charge in [0, 0.05) is 22.6 Å². The van der Waals surface area contributed by atoms with E-state index < -0.39 is 0 Å². The summed E-state index contributed by atoms with van der Waals surface area (Å²) in [5.74, 6) is 1.69. The lowest BCUT2D eigenvalue weighted by atomic mass is 10.1. The molecule has 0 bridgehead atoms. The summed E-state index contributed by atoms with van der Waals surface area (Å²) in [5, 5.41) is 1.72. The molecule has 4 rings (SSSR count). The molecule has 1 aliphatic rings. The first kappa shape index (κ1) is 13.3. The van der Waals surface area contributed by atoms with Crippen LogP contribution in [-0.2, 0) is 6.42 Å². The van der Waals surface area contributed by atoms with E-state index in [9.17, 15) is 0 Å². The number of hydrogen-bond acceptors (Lipinski definition) is 4. The lowest BCUT2D eigenvalue weighted by Crippen LogP contribution is -2.15. The smallest absolute Gasteiger partial charge is 0.144 e. The third-order valence-corrected chi connectivity index (χ3v) is 4.26. The zero-order chi connectivity index (χ0) is 15.1. The maximum atomic E-state index is 6.16. The molecule has 0 aliphatic carbocycles. The van der Waals surface area contributed by atoms with Crippen molar-refractivity contribution >= 4 is 34.0 Å². The Kier molecular flexibility index (Phi) is 3.12. The molecule has 22 heavy (non-hydrogen) atoms. The molecule has 110 valence electrons. The fraction of sp³-hybridized carbons (Fsp3) is 0.176. The number of methoxy groups -OCH3 is 1. The second kappa shape index (κ2) is 5.14. The van der Waals surface area contributed by atoms with Crippen molar-refractivity contribution in [2.24, 2.45) is 0 Å². The van der Waals surface area contributed by atoms with Crippen LogP contribution < -0.4 is 9.64 Å². The van der Waals surface area contributed by atoms with Crippen LogP contribution in [0.1, 0.15) is 5.56 Å². The maximum Gasteiger partial charge on any atom is 0.144 e. The van der Waals surface area contributed by atoms with Crippen molar-refractivity contribution in [1.29, 1.82) is 0 Å². The molecule has 0 saturated heterocycles. The first-order valence-corrected chi connectivity index (χ1v) is 7.49.